The minimum absolute atomic E-state index is 0.428. The monoisotopic (exact) mass is 272 g/mol. The third kappa shape index (κ3) is 14.1. The lowest BCUT2D eigenvalue weighted by molar-refractivity contribution is 0.123. The fraction of sp³-hybridized carbons (Fsp3) is 1.00. The van der Waals surface area contributed by atoms with Gasteiger partial charge in [-0.05, 0) is 19.3 Å². The molecule has 3 heteroatoms. The van der Waals surface area contributed by atoms with Crippen LogP contribution in [0.4, 0.5) is 0 Å². The molecule has 0 bridgehead atoms. The van der Waals surface area contributed by atoms with Crippen LogP contribution in [-0.2, 0) is 4.74 Å². The van der Waals surface area contributed by atoms with Crippen molar-refractivity contribution >= 4 is 0 Å². The lowest BCUT2D eigenvalue weighted by Gasteiger charge is -2.15. The van der Waals surface area contributed by atoms with Gasteiger partial charge in [-0.1, -0.05) is 65.2 Å². The van der Waals surface area contributed by atoms with Gasteiger partial charge in [0.05, 0.1) is 0 Å². The van der Waals surface area contributed by atoms with Gasteiger partial charge in [0.15, 0.2) is 0 Å². The zero-order valence-electron chi connectivity index (χ0n) is 13.3. The van der Waals surface area contributed by atoms with Crippen molar-refractivity contribution in [1.29, 1.82) is 0 Å². The van der Waals surface area contributed by atoms with Crippen LogP contribution >= 0.6 is 0 Å². The molecular formula is C16H36N2O. The zero-order chi connectivity index (χ0) is 14.2. The van der Waals surface area contributed by atoms with Crippen LogP contribution in [0.2, 0.25) is 0 Å². The summed E-state index contributed by atoms with van der Waals surface area (Å²) in [5.41, 5.74) is 2.92. The quantitative estimate of drug-likeness (QED) is 0.267. The molecule has 0 saturated heterocycles. The SMILES string of the molecule is CCCCCCCCCCC(CCOCCC)NN. The van der Waals surface area contributed by atoms with Gasteiger partial charge in [0, 0.05) is 19.3 Å². The highest BCUT2D eigenvalue weighted by molar-refractivity contribution is 4.63. The van der Waals surface area contributed by atoms with Crippen molar-refractivity contribution in [1.82, 2.24) is 5.43 Å². The Labute approximate surface area is 120 Å². The molecule has 1 unspecified atom stereocenters. The van der Waals surface area contributed by atoms with Crippen molar-refractivity contribution in [2.24, 2.45) is 5.84 Å². The van der Waals surface area contributed by atoms with Crippen LogP contribution in [0.25, 0.3) is 0 Å². The number of hydrazine groups is 1. The van der Waals surface area contributed by atoms with E-state index in [1.165, 1.54) is 57.8 Å². The van der Waals surface area contributed by atoms with E-state index in [0.29, 0.717) is 6.04 Å². The molecule has 0 aromatic heterocycles. The van der Waals surface area contributed by atoms with Gasteiger partial charge in [-0.2, -0.15) is 0 Å². The van der Waals surface area contributed by atoms with Crippen LogP contribution in [0.1, 0.15) is 84.5 Å². The van der Waals surface area contributed by atoms with Crippen LogP contribution < -0.4 is 11.3 Å². The maximum Gasteiger partial charge on any atom is 0.0481 e. The number of nitrogens with one attached hydrogen (secondary N) is 1. The Bertz CT molecular complexity index is 165. The van der Waals surface area contributed by atoms with Gasteiger partial charge in [-0.3, -0.25) is 11.3 Å². The van der Waals surface area contributed by atoms with Crippen LogP contribution in [0.3, 0.4) is 0 Å². The summed E-state index contributed by atoms with van der Waals surface area (Å²) in [6, 6.07) is 0.428. The van der Waals surface area contributed by atoms with E-state index in [1.54, 1.807) is 0 Å². The minimum atomic E-state index is 0.428. The van der Waals surface area contributed by atoms with E-state index in [0.717, 1.165) is 26.1 Å². The Balaban J connectivity index is 3.26. The van der Waals surface area contributed by atoms with Crippen molar-refractivity contribution in [3.8, 4) is 0 Å². The molecule has 19 heavy (non-hydrogen) atoms. The summed E-state index contributed by atoms with van der Waals surface area (Å²) < 4.78 is 5.50. The lowest BCUT2D eigenvalue weighted by atomic mass is 10.0. The number of unbranched alkanes of at least 4 members (excludes halogenated alkanes) is 7. The fourth-order valence-electron chi connectivity index (χ4n) is 2.31. The highest BCUT2D eigenvalue weighted by atomic mass is 16.5. The van der Waals surface area contributed by atoms with Gasteiger partial charge in [0.25, 0.3) is 0 Å². The maximum absolute atomic E-state index is 5.58. The topological polar surface area (TPSA) is 47.3 Å². The Morgan fingerprint density at radius 2 is 1.42 bits per heavy atom. The molecule has 0 aliphatic carbocycles. The molecule has 0 radical (unpaired) electrons. The van der Waals surface area contributed by atoms with Crippen LogP contribution in [0, 0.1) is 0 Å². The largest absolute Gasteiger partial charge is 0.381 e. The highest BCUT2D eigenvalue weighted by Crippen LogP contribution is 2.11. The van der Waals surface area contributed by atoms with Gasteiger partial charge >= 0.3 is 0 Å². The van der Waals surface area contributed by atoms with Gasteiger partial charge < -0.3 is 4.74 Å². The van der Waals surface area contributed by atoms with Crippen molar-refractivity contribution in [2.75, 3.05) is 13.2 Å². The summed E-state index contributed by atoms with van der Waals surface area (Å²) in [4.78, 5) is 0. The predicted molar refractivity (Wildman–Crippen MR) is 84.1 cm³/mol. The van der Waals surface area contributed by atoms with Crippen LogP contribution in [0.15, 0.2) is 0 Å². The number of hydrogen-bond acceptors (Lipinski definition) is 3. The van der Waals surface area contributed by atoms with Gasteiger partial charge in [-0.15, -0.1) is 0 Å². The first-order valence-corrected chi connectivity index (χ1v) is 8.39. The number of hydrogen-bond donors (Lipinski definition) is 2. The molecule has 0 rings (SSSR count). The standard InChI is InChI=1S/C16H36N2O/c1-3-5-6-7-8-9-10-11-12-16(18-17)13-15-19-14-4-2/h16,18H,3-15,17H2,1-2H3. The average molecular weight is 272 g/mol. The summed E-state index contributed by atoms with van der Waals surface area (Å²) in [5, 5.41) is 0. The third-order valence-electron chi connectivity index (χ3n) is 3.60. The third-order valence-corrected chi connectivity index (χ3v) is 3.60. The summed E-state index contributed by atoms with van der Waals surface area (Å²) in [6.45, 7) is 6.11. The fourth-order valence-corrected chi connectivity index (χ4v) is 2.31. The van der Waals surface area contributed by atoms with E-state index in [4.69, 9.17) is 10.6 Å². The molecule has 1 atom stereocenters. The smallest absolute Gasteiger partial charge is 0.0481 e. The Morgan fingerprint density at radius 3 is 2.00 bits per heavy atom. The van der Waals surface area contributed by atoms with E-state index in [-0.39, 0.29) is 0 Å². The first-order valence-electron chi connectivity index (χ1n) is 8.39. The molecule has 116 valence electrons. The van der Waals surface area contributed by atoms with E-state index >= 15 is 0 Å². The number of rotatable bonds is 15. The van der Waals surface area contributed by atoms with E-state index in [9.17, 15) is 0 Å². The molecule has 0 aliphatic heterocycles. The molecule has 3 N–H and O–H groups in total. The second-order valence-corrected chi connectivity index (χ2v) is 5.53. The first-order chi connectivity index (χ1) is 9.35. The molecule has 0 fully saturated rings. The normalized spacial score (nSPS) is 12.8. The number of nitrogens with two attached hydrogens (primary N) is 1. The summed E-state index contributed by atoms with van der Waals surface area (Å²) in [6.07, 6.45) is 14.3. The van der Waals surface area contributed by atoms with Gasteiger partial charge in [0.1, 0.15) is 0 Å². The maximum atomic E-state index is 5.58. The summed E-state index contributed by atoms with van der Waals surface area (Å²) >= 11 is 0. The molecule has 0 amide bonds. The summed E-state index contributed by atoms with van der Waals surface area (Å²) in [7, 11) is 0. The van der Waals surface area contributed by atoms with Gasteiger partial charge in [0.2, 0.25) is 0 Å². The molecule has 0 aromatic carbocycles. The summed E-state index contributed by atoms with van der Waals surface area (Å²) in [5.74, 6) is 5.58. The molecule has 0 saturated carbocycles. The van der Waals surface area contributed by atoms with E-state index in [2.05, 4.69) is 19.3 Å². The minimum Gasteiger partial charge on any atom is -0.381 e. The Kier molecular flexibility index (Phi) is 15.8. The van der Waals surface area contributed by atoms with Crippen molar-refractivity contribution in [3.05, 3.63) is 0 Å². The first kappa shape index (κ1) is 18.9. The average Bonchev–Trinajstić information content (AvgIpc) is 2.44. The van der Waals surface area contributed by atoms with Crippen molar-refractivity contribution in [2.45, 2.75) is 90.5 Å². The van der Waals surface area contributed by atoms with Crippen LogP contribution in [-0.4, -0.2) is 19.3 Å². The second-order valence-electron chi connectivity index (χ2n) is 5.53. The highest BCUT2D eigenvalue weighted by Gasteiger charge is 2.05. The molecule has 0 spiro atoms. The Morgan fingerprint density at radius 1 is 0.789 bits per heavy atom. The van der Waals surface area contributed by atoms with E-state index < -0.39 is 0 Å². The molecule has 0 aromatic rings. The second kappa shape index (κ2) is 15.9. The Hall–Kier alpha value is -0.120. The molecule has 0 heterocycles. The van der Waals surface area contributed by atoms with Gasteiger partial charge in [-0.25, -0.2) is 0 Å². The van der Waals surface area contributed by atoms with Crippen molar-refractivity contribution < 1.29 is 4.74 Å². The van der Waals surface area contributed by atoms with Crippen molar-refractivity contribution in [3.63, 3.8) is 0 Å². The molecule has 0 aliphatic rings. The molecule has 3 nitrogen and oxygen atoms in total. The predicted octanol–water partition coefficient (Wildman–Crippen LogP) is 4.17. The molecular weight excluding hydrogens is 236 g/mol. The zero-order valence-corrected chi connectivity index (χ0v) is 13.3. The van der Waals surface area contributed by atoms with E-state index in [1.807, 2.05) is 0 Å². The number of ether oxygens (including phenoxy) is 1. The van der Waals surface area contributed by atoms with Crippen LogP contribution in [0.5, 0.6) is 0 Å². The lowest BCUT2D eigenvalue weighted by Crippen LogP contribution is -2.36.